The summed E-state index contributed by atoms with van der Waals surface area (Å²) in [5, 5.41) is 7.81. The van der Waals surface area contributed by atoms with Gasteiger partial charge in [-0.3, -0.25) is 5.10 Å². The highest BCUT2D eigenvalue weighted by molar-refractivity contribution is 9.10. The largest absolute Gasteiger partial charge is 0.263 e. The molecule has 0 amide bonds. The predicted molar refractivity (Wildman–Crippen MR) is 68.5 cm³/mol. The van der Waals surface area contributed by atoms with Gasteiger partial charge in [0.1, 0.15) is 5.82 Å². The van der Waals surface area contributed by atoms with E-state index < -0.39 is 0 Å². The van der Waals surface area contributed by atoms with Gasteiger partial charge in [0, 0.05) is 21.5 Å². The molecule has 0 saturated carbocycles. The van der Waals surface area contributed by atoms with Crippen LogP contribution < -0.4 is 0 Å². The molecule has 0 bridgehead atoms. The van der Waals surface area contributed by atoms with Gasteiger partial charge in [0.15, 0.2) is 5.82 Å². The van der Waals surface area contributed by atoms with E-state index in [0.717, 1.165) is 28.7 Å². The lowest BCUT2D eigenvalue weighted by Crippen LogP contribution is -1.86. The lowest BCUT2D eigenvalue weighted by Gasteiger charge is -1.99. The van der Waals surface area contributed by atoms with E-state index in [2.05, 4.69) is 38.0 Å². The molecule has 16 heavy (non-hydrogen) atoms. The second kappa shape index (κ2) is 4.97. The Kier molecular flexibility index (Phi) is 3.61. The van der Waals surface area contributed by atoms with Crippen molar-refractivity contribution in [1.82, 2.24) is 15.2 Å². The Morgan fingerprint density at radius 1 is 1.44 bits per heavy atom. The average molecular weight is 301 g/mol. The molecular formula is C11H11BrClN3. The Hall–Kier alpha value is -0.870. The normalized spacial score (nSPS) is 10.7. The number of aromatic nitrogens is 3. The van der Waals surface area contributed by atoms with Crippen molar-refractivity contribution >= 4 is 27.5 Å². The SMILES string of the molecule is CCCc1nc(-c2ccc(Cl)cc2Br)n[nH]1. The topological polar surface area (TPSA) is 41.6 Å². The molecule has 0 aliphatic heterocycles. The molecule has 2 aromatic rings. The monoisotopic (exact) mass is 299 g/mol. The molecular weight excluding hydrogens is 289 g/mol. The molecule has 0 aliphatic rings. The first-order valence-electron chi connectivity index (χ1n) is 5.07. The summed E-state index contributed by atoms with van der Waals surface area (Å²) >= 11 is 9.33. The van der Waals surface area contributed by atoms with Crippen LogP contribution in [0.5, 0.6) is 0 Å². The zero-order chi connectivity index (χ0) is 11.5. The van der Waals surface area contributed by atoms with E-state index in [4.69, 9.17) is 11.6 Å². The van der Waals surface area contributed by atoms with Crippen molar-refractivity contribution in [3.8, 4) is 11.4 Å². The highest BCUT2D eigenvalue weighted by Gasteiger charge is 2.09. The first kappa shape index (κ1) is 11.6. The van der Waals surface area contributed by atoms with Crippen LogP contribution >= 0.6 is 27.5 Å². The van der Waals surface area contributed by atoms with E-state index in [9.17, 15) is 0 Å². The van der Waals surface area contributed by atoms with Crippen molar-refractivity contribution in [1.29, 1.82) is 0 Å². The molecule has 1 heterocycles. The number of hydrogen-bond acceptors (Lipinski definition) is 2. The van der Waals surface area contributed by atoms with Crippen LogP contribution in [0.15, 0.2) is 22.7 Å². The molecule has 1 N–H and O–H groups in total. The van der Waals surface area contributed by atoms with Crippen LogP contribution in [0.2, 0.25) is 5.02 Å². The number of aryl methyl sites for hydroxylation is 1. The van der Waals surface area contributed by atoms with Gasteiger partial charge in [0.05, 0.1) is 0 Å². The molecule has 2 rings (SSSR count). The van der Waals surface area contributed by atoms with E-state index >= 15 is 0 Å². The van der Waals surface area contributed by atoms with Gasteiger partial charge in [-0.05, 0) is 40.5 Å². The lowest BCUT2D eigenvalue weighted by molar-refractivity contribution is 0.841. The van der Waals surface area contributed by atoms with Gasteiger partial charge in [0.2, 0.25) is 0 Å². The molecule has 0 unspecified atom stereocenters. The fourth-order valence-corrected chi connectivity index (χ4v) is 2.30. The number of benzene rings is 1. The van der Waals surface area contributed by atoms with Gasteiger partial charge in [-0.15, -0.1) is 0 Å². The predicted octanol–water partition coefficient (Wildman–Crippen LogP) is 3.84. The molecule has 3 nitrogen and oxygen atoms in total. The Labute approximate surface area is 107 Å². The van der Waals surface area contributed by atoms with Crippen LogP contribution in [0.1, 0.15) is 19.2 Å². The van der Waals surface area contributed by atoms with Crippen LogP contribution in [0, 0.1) is 0 Å². The second-order valence-corrected chi connectivity index (χ2v) is 4.77. The summed E-state index contributed by atoms with van der Waals surface area (Å²) in [4.78, 5) is 4.42. The van der Waals surface area contributed by atoms with Gasteiger partial charge in [0.25, 0.3) is 0 Å². The van der Waals surface area contributed by atoms with Gasteiger partial charge in [-0.2, -0.15) is 5.10 Å². The minimum Gasteiger partial charge on any atom is -0.263 e. The standard InChI is InChI=1S/C11H11BrClN3/c1-2-3-10-14-11(16-15-10)8-5-4-7(13)6-9(8)12/h4-6H,2-3H2,1H3,(H,14,15,16). The quantitative estimate of drug-likeness (QED) is 0.935. The molecule has 84 valence electrons. The zero-order valence-corrected chi connectivity index (χ0v) is 11.1. The van der Waals surface area contributed by atoms with Crippen LogP contribution in [-0.4, -0.2) is 15.2 Å². The van der Waals surface area contributed by atoms with Crippen molar-refractivity contribution in [3.63, 3.8) is 0 Å². The Morgan fingerprint density at radius 2 is 2.25 bits per heavy atom. The summed E-state index contributed by atoms with van der Waals surface area (Å²) < 4.78 is 0.905. The average Bonchev–Trinajstić information content (AvgIpc) is 2.67. The Bertz CT molecular complexity index is 496. The van der Waals surface area contributed by atoms with Gasteiger partial charge in [-0.1, -0.05) is 18.5 Å². The summed E-state index contributed by atoms with van der Waals surface area (Å²) in [5.74, 6) is 1.62. The highest BCUT2D eigenvalue weighted by atomic mass is 79.9. The minimum atomic E-state index is 0.694. The summed E-state index contributed by atoms with van der Waals surface area (Å²) in [7, 11) is 0. The van der Waals surface area contributed by atoms with E-state index in [1.54, 1.807) is 0 Å². The molecule has 0 radical (unpaired) electrons. The number of nitrogens with zero attached hydrogens (tertiary/aromatic N) is 2. The van der Waals surface area contributed by atoms with Crippen LogP contribution in [0.25, 0.3) is 11.4 Å². The van der Waals surface area contributed by atoms with E-state index in [1.165, 1.54) is 0 Å². The Morgan fingerprint density at radius 3 is 2.94 bits per heavy atom. The van der Waals surface area contributed by atoms with Crippen molar-refractivity contribution in [2.75, 3.05) is 0 Å². The smallest absolute Gasteiger partial charge is 0.182 e. The summed E-state index contributed by atoms with van der Waals surface area (Å²) in [6, 6.07) is 5.58. The minimum absolute atomic E-state index is 0.694. The van der Waals surface area contributed by atoms with Gasteiger partial charge >= 0.3 is 0 Å². The molecule has 0 fully saturated rings. The fourth-order valence-electron chi connectivity index (χ4n) is 1.44. The number of rotatable bonds is 3. The fraction of sp³-hybridized carbons (Fsp3) is 0.273. The second-order valence-electron chi connectivity index (χ2n) is 3.48. The summed E-state index contributed by atoms with van der Waals surface area (Å²) in [5.41, 5.74) is 0.947. The molecule has 0 spiro atoms. The molecule has 0 saturated heterocycles. The van der Waals surface area contributed by atoms with Crippen LogP contribution in [-0.2, 0) is 6.42 Å². The third-order valence-corrected chi connectivity index (χ3v) is 3.08. The molecule has 1 aromatic heterocycles. The maximum Gasteiger partial charge on any atom is 0.182 e. The third-order valence-electron chi connectivity index (χ3n) is 2.19. The molecule has 5 heteroatoms. The number of aromatic amines is 1. The third kappa shape index (κ3) is 2.44. The summed E-state index contributed by atoms with van der Waals surface area (Å²) in [6.45, 7) is 2.11. The van der Waals surface area contributed by atoms with Crippen LogP contribution in [0.3, 0.4) is 0 Å². The van der Waals surface area contributed by atoms with Gasteiger partial charge < -0.3 is 0 Å². The van der Waals surface area contributed by atoms with E-state index in [1.807, 2.05) is 18.2 Å². The number of hydrogen-bond donors (Lipinski definition) is 1. The maximum atomic E-state index is 5.88. The van der Waals surface area contributed by atoms with E-state index in [-0.39, 0.29) is 0 Å². The first-order chi connectivity index (χ1) is 7.70. The summed E-state index contributed by atoms with van der Waals surface area (Å²) in [6.07, 6.45) is 1.97. The molecule has 0 atom stereocenters. The maximum absolute atomic E-state index is 5.88. The highest BCUT2D eigenvalue weighted by Crippen LogP contribution is 2.28. The number of halogens is 2. The van der Waals surface area contributed by atoms with Crippen molar-refractivity contribution in [2.45, 2.75) is 19.8 Å². The number of H-pyrrole nitrogens is 1. The van der Waals surface area contributed by atoms with Crippen LogP contribution in [0.4, 0.5) is 0 Å². The molecule has 0 aliphatic carbocycles. The van der Waals surface area contributed by atoms with Crippen molar-refractivity contribution < 1.29 is 0 Å². The number of nitrogens with one attached hydrogen (secondary N) is 1. The first-order valence-corrected chi connectivity index (χ1v) is 6.24. The zero-order valence-electron chi connectivity index (χ0n) is 8.80. The van der Waals surface area contributed by atoms with E-state index in [0.29, 0.717) is 10.8 Å². The lowest BCUT2D eigenvalue weighted by atomic mass is 10.2. The van der Waals surface area contributed by atoms with Gasteiger partial charge in [-0.25, -0.2) is 4.98 Å². The van der Waals surface area contributed by atoms with Crippen molar-refractivity contribution in [2.24, 2.45) is 0 Å². The Balaban J connectivity index is 2.35. The van der Waals surface area contributed by atoms with Crippen molar-refractivity contribution in [3.05, 3.63) is 33.5 Å². The molecule has 1 aromatic carbocycles.